The van der Waals surface area contributed by atoms with Gasteiger partial charge in [0.15, 0.2) is 0 Å². The molecule has 1 fully saturated rings. The predicted octanol–water partition coefficient (Wildman–Crippen LogP) is 6.02. The van der Waals surface area contributed by atoms with Crippen molar-refractivity contribution < 1.29 is 14.3 Å². The number of hydrogen-bond acceptors (Lipinski definition) is 5. The summed E-state index contributed by atoms with van der Waals surface area (Å²) >= 11 is 0. The number of carbonyl (C=O) groups excluding carboxylic acids is 2. The molecule has 190 valence electrons. The van der Waals surface area contributed by atoms with E-state index in [1.165, 1.54) is 0 Å². The van der Waals surface area contributed by atoms with Crippen LogP contribution < -0.4 is 10.2 Å². The number of nitrogens with zero attached hydrogens (tertiary/aromatic N) is 2. The van der Waals surface area contributed by atoms with Gasteiger partial charge in [0.2, 0.25) is 11.9 Å². The molecule has 1 atom stereocenters. The van der Waals surface area contributed by atoms with Crippen molar-refractivity contribution >= 4 is 40.2 Å². The standard InChI is InChI=1S/C30H32N4O3/c1-3-34(24-13-11-22(12-14-24)23-8-6-16-37-29(36)19-23)28(35)18-21-10-15-26-27(17-21)33-30(32-26)31-25-9-5-4-7-20(25)2/h4-5,7,9-15,17,23H,3,6,8,16,18-19H2,1-2H3,(H2,31,32,33). The summed E-state index contributed by atoms with van der Waals surface area (Å²) < 4.78 is 5.18. The second-order valence-electron chi connectivity index (χ2n) is 9.55. The van der Waals surface area contributed by atoms with Crippen molar-refractivity contribution in [3.05, 3.63) is 83.4 Å². The van der Waals surface area contributed by atoms with Gasteiger partial charge in [-0.15, -0.1) is 0 Å². The number of cyclic esters (lactones) is 1. The molecule has 2 N–H and O–H groups in total. The zero-order chi connectivity index (χ0) is 25.8. The van der Waals surface area contributed by atoms with Gasteiger partial charge in [-0.05, 0) is 79.6 Å². The Balaban J connectivity index is 1.28. The lowest BCUT2D eigenvalue weighted by Gasteiger charge is -2.22. The normalized spacial score (nSPS) is 15.7. The molecule has 5 rings (SSSR count). The molecular weight excluding hydrogens is 464 g/mol. The Morgan fingerprint density at radius 2 is 1.95 bits per heavy atom. The van der Waals surface area contributed by atoms with E-state index in [-0.39, 0.29) is 17.8 Å². The number of fused-ring (bicyclic) bond motifs is 1. The van der Waals surface area contributed by atoms with Crippen LogP contribution in [0.3, 0.4) is 0 Å². The SMILES string of the molecule is CCN(C(=O)Cc1ccc2nc(Nc3ccccc3C)[nH]c2c1)c1ccc(C2CCCOC(=O)C2)cc1. The van der Waals surface area contributed by atoms with Gasteiger partial charge < -0.3 is 19.9 Å². The summed E-state index contributed by atoms with van der Waals surface area (Å²) in [7, 11) is 0. The number of H-pyrrole nitrogens is 1. The van der Waals surface area contributed by atoms with Crippen LogP contribution in [-0.2, 0) is 20.7 Å². The number of anilines is 3. The summed E-state index contributed by atoms with van der Waals surface area (Å²) in [4.78, 5) is 34.9. The van der Waals surface area contributed by atoms with E-state index in [2.05, 4.69) is 28.3 Å². The lowest BCUT2D eigenvalue weighted by molar-refractivity contribution is -0.142. The molecule has 7 nitrogen and oxygen atoms in total. The van der Waals surface area contributed by atoms with E-state index >= 15 is 0 Å². The maximum Gasteiger partial charge on any atom is 0.306 e. The summed E-state index contributed by atoms with van der Waals surface area (Å²) in [6.45, 7) is 5.11. The maximum atomic E-state index is 13.3. The number of aryl methyl sites for hydroxylation is 1. The second-order valence-corrected chi connectivity index (χ2v) is 9.55. The molecule has 0 spiro atoms. The van der Waals surface area contributed by atoms with Crippen LogP contribution in [0.1, 0.15) is 48.8 Å². The maximum absolute atomic E-state index is 13.3. The van der Waals surface area contributed by atoms with Crippen molar-refractivity contribution in [3.63, 3.8) is 0 Å². The van der Waals surface area contributed by atoms with E-state index < -0.39 is 0 Å². The topological polar surface area (TPSA) is 87.3 Å². The van der Waals surface area contributed by atoms with E-state index in [1.54, 1.807) is 4.90 Å². The number of aromatic amines is 1. The number of aromatic nitrogens is 2. The van der Waals surface area contributed by atoms with Crippen molar-refractivity contribution in [2.45, 2.75) is 45.4 Å². The fraction of sp³-hybridized carbons (Fsp3) is 0.300. The molecule has 3 aromatic carbocycles. The molecule has 1 amide bonds. The van der Waals surface area contributed by atoms with Gasteiger partial charge in [-0.2, -0.15) is 0 Å². The lowest BCUT2D eigenvalue weighted by atomic mass is 9.92. The number of hydrogen-bond donors (Lipinski definition) is 2. The van der Waals surface area contributed by atoms with Gasteiger partial charge in [0.1, 0.15) is 0 Å². The summed E-state index contributed by atoms with van der Waals surface area (Å²) in [6.07, 6.45) is 2.51. The van der Waals surface area contributed by atoms with Gasteiger partial charge in [0.05, 0.1) is 30.5 Å². The second kappa shape index (κ2) is 10.9. The monoisotopic (exact) mass is 496 g/mol. The number of likely N-dealkylation sites (N-methyl/N-ethyl adjacent to an activating group) is 1. The Hall–Kier alpha value is -4.13. The molecule has 7 heteroatoms. The van der Waals surface area contributed by atoms with Gasteiger partial charge in [-0.3, -0.25) is 9.59 Å². The van der Waals surface area contributed by atoms with Crippen LogP contribution in [0.25, 0.3) is 11.0 Å². The van der Waals surface area contributed by atoms with Crippen LogP contribution in [-0.4, -0.2) is 35.0 Å². The first-order valence-corrected chi connectivity index (χ1v) is 12.9. The van der Waals surface area contributed by atoms with Gasteiger partial charge in [0.25, 0.3) is 0 Å². The molecule has 0 radical (unpaired) electrons. The number of rotatable bonds is 7. The lowest BCUT2D eigenvalue weighted by Crippen LogP contribution is -2.32. The van der Waals surface area contributed by atoms with Crippen molar-refractivity contribution in [2.75, 3.05) is 23.4 Å². The van der Waals surface area contributed by atoms with Gasteiger partial charge in [-0.1, -0.05) is 36.4 Å². The van der Waals surface area contributed by atoms with Crippen LogP contribution in [0.4, 0.5) is 17.3 Å². The van der Waals surface area contributed by atoms with E-state index in [1.807, 2.05) is 67.6 Å². The largest absolute Gasteiger partial charge is 0.466 e. The Labute approximate surface area is 216 Å². The predicted molar refractivity (Wildman–Crippen MR) is 146 cm³/mol. The van der Waals surface area contributed by atoms with Crippen LogP contribution in [0.2, 0.25) is 0 Å². The first-order valence-electron chi connectivity index (χ1n) is 12.9. The van der Waals surface area contributed by atoms with Crippen molar-refractivity contribution in [2.24, 2.45) is 0 Å². The highest BCUT2D eigenvalue weighted by Crippen LogP contribution is 2.30. The number of benzene rings is 3. The third-order valence-corrected chi connectivity index (χ3v) is 6.97. The fourth-order valence-corrected chi connectivity index (χ4v) is 4.93. The molecule has 0 bridgehead atoms. The average Bonchev–Trinajstić information content (AvgIpc) is 3.16. The van der Waals surface area contributed by atoms with Crippen LogP contribution >= 0.6 is 0 Å². The van der Waals surface area contributed by atoms with E-state index in [9.17, 15) is 9.59 Å². The number of imidazole rings is 1. The smallest absolute Gasteiger partial charge is 0.306 e. The molecule has 1 unspecified atom stereocenters. The number of carbonyl (C=O) groups is 2. The Kier molecular flexibility index (Phi) is 7.21. The zero-order valence-corrected chi connectivity index (χ0v) is 21.3. The molecule has 1 aliphatic rings. The zero-order valence-electron chi connectivity index (χ0n) is 21.3. The van der Waals surface area contributed by atoms with E-state index in [0.717, 1.165) is 51.9 Å². The number of esters is 1. The molecule has 0 aliphatic carbocycles. The van der Waals surface area contributed by atoms with Gasteiger partial charge in [-0.25, -0.2) is 4.98 Å². The molecule has 1 aromatic heterocycles. The minimum Gasteiger partial charge on any atom is -0.466 e. The van der Waals surface area contributed by atoms with Crippen molar-refractivity contribution in [3.8, 4) is 0 Å². The summed E-state index contributed by atoms with van der Waals surface area (Å²) in [6, 6.07) is 22.0. The highest BCUT2D eigenvalue weighted by Gasteiger charge is 2.21. The molecule has 1 saturated heterocycles. The molecule has 37 heavy (non-hydrogen) atoms. The Morgan fingerprint density at radius 1 is 1.14 bits per heavy atom. The number of ether oxygens (including phenoxy) is 1. The van der Waals surface area contributed by atoms with Crippen molar-refractivity contribution in [1.82, 2.24) is 9.97 Å². The van der Waals surface area contributed by atoms with E-state index in [4.69, 9.17) is 4.74 Å². The number of para-hydroxylation sites is 1. The number of amides is 1. The highest BCUT2D eigenvalue weighted by molar-refractivity contribution is 5.95. The quantitative estimate of drug-likeness (QED) is 0.306. The Bertz CT molecular complexity index is 1410. The molecule has 2 heterocycles. The minimum absolute atomic E-state index is 0.0328. The van der Waals surface area contributed by atoms with Gasteiger partial charge in [0, 0.05) is 17.9 Å². The summed E-state index contributed by atoms with van der Waals surface area (Å²) in [5.41, 5.74) is 6.77. The molecular formula is C30H32N4O3. The summed E-state index contributed by atoms with van der Waals surface area (Å²) in [5, 5.41) is 3.34. The van der Waals surface area contributed by atoms with Gasteiger partial charge >= 0.3 is 5.97 Å². The summed E-state index contributed by atoms with van der Waals surface area (Å²) in [5.74, 6) is 0.737. The van der Waals surface area contributed by atoms with E-state index in [0.29, 0.717) is 31.9 Å². The van der Waals surface area contributed by atoms with Crippen LogP contribution in [0, 0.1) is 6.92 Å². The van der Waals surface area contributed by atoms with Crippen molar-refractivity contribution in [1.29, 1.82) is 0 Å². The molecule has 0 saturated carbocycles. The third kappa shape index (κ3) is 5.66. The average molecular weight is 497 g/mol. The van der Waals surface area contributed by atoms with Crippen LogP contribution in [0.5, 0.6) is 0 Å². The number of nitrogens with one attached hydrogen (secondary N) is 2. The molecule has 1 aliphatic heterocycles. The Morgan fingerprint density at radius 3 is 2.73 bits per heavy atom. The first-order chi connectivity index (χ1) is 18.0. The fourth-order valence-electron chi connectivity index (χ4n) is 4.93. The highest BCUT2D eigenvalue weighted by atomic mass is 16.5. The van der Waals surface area contributed by atoms with Crippen LogP contribution in [0.15, 0.2) is 66.7 Å². The molecule has 4 aromatic rings. The minimum atomic E-state index is -0.135. The first kappa shape index (κ1) is 24.6. The third-order valence-electron chi connectivity index (χ3n) is 6.97.